The van der Waals surface area contributed by atoms with Crippen molar-refractivity contribution in [3.8, 4) is 0 Å². The van der Waals surface area contributed by atoms with E-state index in [9.17, 15) is 4.79 Å². The molecule has 0 unspecified atom stereocenters. The molecule has 0 saturated carbocycles. The van der Waals surface area contributed by atoms with Gasteiger partial charge in [-0.2, -0.15) is 0 Å². The van der Waals surface area contributed by atoms with E-state index in [0.29, 0.717) is 5.82 Å². The Kier molecular flexibility index (Phi) is 1.58. The third-order valence-corrected chi connectivity index (χ3v) is 1.19. The average molecular weight is 136 g/mol. The third kappa shape index (κ3) is 0.932. The summed E-state index contributed by atoms with van der Waals surface area (Å²) in [5.41, 5.74) is 0. The fraction of sp³-hybridized carbons (Fsp3) is 0. The normalized spacial score (nSPS) is 17.0. The van der Waals surface area contributed by atoms with E-state index in [2.05, 4.69) is 18.5 Å². The van der Waals surface area contributed by atoms with Crippen molar-refractivity contribution in [1.82, 2.24) is 10.2 Å². The first-order valence-electron chi connectivity index (χ1n) is 2.83. The minimum atomic E-state index is -0.126. The van der Waals surface area contributed by atoms with Crippen molar-refractivity contribution < 1.29 is 4.79 Å². The van der Waals surface area contributed by atoms with Crippen molar-refractivity contribution >= 4 is 5.91 Å². The number of hydrogen-bond acceptors (Lipinski definition) is 2. The molecule has 0 aromatic carbocycles. The Bertz CT molecular complexity index is 218. The van der Waals surface area contributed by atoms with Crippen molar-refractivity contribution in [2.75, 3.05) is 0 Å². The molecule has 1 heterocycles. The highest BCUT2D eigenvalue weighted by Crippen LogP contribution is 2.04. The van der Waals surface area contributed by atoms with Gasteiger partial charge < -0.3 is 5.32 Å². The first kappa shape index (κ1) is 6.61. The molecular weight excluding hydrogens is 128 g/mol. The summed E-state index contributed by atoms with van der Waals surface area (Å²) in [6, 6.07) is 0. The number of hydrogen-bond donors (Lipinski definition) is 1. The van der Waals surface area contributed by atoms with Gasteiger partial charge in [0.05, 0.1) is 0 Å². The van der Waals surface area contributed by atoms with Crippen LogP contribution in [0.15, 0.2) is 37.5 Å². The third-order valence-electron chi connectivity index (χ3n) is 1.19. The van der Waals surface area contributed by atoms with Crippen LogP contribution in [0.5, 0.6) is 0 Å². The second-order valence-electron chi connectivity index (χ2n) is 1.82. The minimum Gasteiger partial charge on any atom is -0.348 e. The van der Waals surface area contributed by atoms with Crippen LogP contribution in [0.4, 0.5) is 0 Å². The Morgan fingerprint density at radius 1 is 1.70 bits per heavy atom. The lowest BCUT2D eigenvalue weighted by Crippen LogP contribution is -2.32. The summed E-state index contributed by atoms with van der Waals surface area (Å²) in [4.78, 5) is 12.2. The van der Waals surface area contributed by atoms with Crippen LogP contribution in [-0.2, 0) is 4.79 Å². The molecular formula is C7H8N2O. The van der Waals surface area contributed by atoms with Crippen LogP contribution in [0.2, 0.25) is 0 Å². The van der Waals surface area contributed by atoms with Gasteiger partial charge in [-0.05, 0) is 0 Å². The maximum Gasteiger partial charge on any atom is 0.257 e. The first-order valence-corrected chi connectivity index (χ1v) is 2.83. The van der Waals surface area contributed by atoms with Gasteiger partial charge in [0.1, 0.15) is 5.82 Å². The zero-order valence-electron chi connectivity index (χ0n) is 5.50. The zero-order chi connectivity index (χ0) is 7.56. The maximum absolute atomic E-state index is 10.9. The van der Waals surface area contributed by atoms with E-state index in [1.165, 1.54) is 17.2 Å². The molecule has 1 aliphatic rings. The van der Waals surface area contributed by atoms with Crippen molar-refractivity contribution in [3.63, 3.8) is 0 Å². The van der Waals surface area contributed by atoms with Crippen LogP contribution in [-0.4, -0.2) is 10.8 Å². The molecule has 1 amide bonds. The van der Waals surface area contributed by atoms with Gasteiger partial charge in [-0.1, -0.05) is 13.2 Å². The number of carbonyl (C=O) groups is 1. The molecule has 0 atom stereocenters. The summed E-state index contributed by atoms with van der Waals surface area (Å²) < 4.78 is 0. The summed E-state index contributed by atoms with van der Waals surface area (Å²) in [6.45, 7) is 7.04. The zero-order valence-corrected chi connectivity index (χ0v) is 5.50. The average Bonchev–Trinajstić information content (AvgIpc) is 1.88. The van der Waals surface area contributed by atoms with Crippen LogP contribution in [0.1, 0.15) is 0 Å². The van der Waals surface area contributed by atoms with Gasteiger partial charge in [-0.25, -0.2) is 0 Å². The van der Waals surface area contributed by atoms with Crippen molar-refractivity contribution in [1.29, 1.82) is 0 Å². The highest BCUT2D eigenvalue weighted by molar-refractivity contribution is 5.90. The lowest BCUT2D eigenvalue weighted by molar-refractivity contribution is -0.122. The van der Waals surface area contributed by atoms with Gasteiger partial charge in [-0.15, -0.1) is 0 Å². The predicted molar refractivity (Wildman–Crippen MR) is 38.5 cm³/mol. The Morgan fingerprint density at radius 3 is 2.80 bits per heavy atom. The number of rotatable bonds is 1. The second-order valence-corrected chi connectivity index (χ2v) is 1.82. The SMILES string of the molecule is C=CN1C(=C)NC=CC1=O. The smallest absolute Gasteiger partial charge is 0.257 e. The molecule has 1 N–H and O–H groups in total. The van der Waals surface area contributed by atoms with Crippen LogP contribution < -0.4 is 5.32 Å². The molecule has 0 aromatic heterocycles. The van der Waals surface area contributed by atoms with E-state index in [4.69, 9.17) is 0 Å². The first-order chi connectivity index (χ1) is 4.75. The molecule has 3 nitrogen and oxygen atoms in total. The van der Waals surface area contributed by atoms with Crippen LogP contribution in [0.3, 0.4) is 0 Å². The molecule has 0 aliphatic carbocycles. The van der Waals surface area contributed by atoms with E-state index < -0.39 is 0 Å². The highest BCUT2D eigenvalue weighted by atomic mass is 16.2. The van der Waals surface area contributed by atoms with E-state index >= 15 is 0 Å². The van der Waals surface area contributed by atoms with Gasteiger partial charge in [0, 0.05) is 18.5 Å². The van der Waals surface area contributed by atoms with E-state index in [1.807, 2.05) is 0 Å². The molecule has 10 heavy (non-hydrogen) atoms. The minimum absolute atomic E-state index is 0.126. The second kappa shape index (κ2) is 2.39. The number of amides is 1. The predicted octanol–water partition coefficient (Wildman–Crippen LogP) is 0.547. The summed E-state index contributed by atoms with van der Waals surface area (Å²) in [7, 11) is 0. The topological polar surface area (TPSA) is 32.3 Å². The van der Waals surface area contributed by atoms with Gasteiger partial charge >= 0.3 is 0 Å². The molecule has 0 radical (unpaired) electrons. The van der Waals surface area contributed by atoms with Crippen molar-refractivity contribution in [3.05, 3.63) is 37.5 Å². The fourth-order valence-electron chi connectivity index (χ4n) is 0.692. The van der Waals surface area contributed by atoms with Crippen molar-refractivity contribution in [2.24, 2.45) is 0 Å². The summed E-state index contributed by atoms with van der Waals surface area (Å²) in [5, 5.41) is 2.77. The summed E-state index contributed by atoms with van der Waals surface area (Å²) in [6.07, 6.45) is 4.38. The van der Waals surface area contributed by atoms with Gasteiger partial charge in [0.2, 0.25) is 0 Å². The number of nitrogens with zero attached hydrogens (tertiary/aromatic N) is 1. The Labute approximate surface area is 59.3 Å². The fourth-order valence-corrected chi connectivity index (χ4v) is 0.692. The van der Waals surface area contributed by atoms with Gasteiger partial charge in [0.15, 0.2) is 0 Å². The maximum atomic E-state index is 10.9. The summed E-state index contributed by atoms with van der Waals surface area (Å²) in [5.74, 6) is 0.404. The Balaban J connectivity index is 2.87. The van der Waals surface area contributed by atoms with E-state index in [0.717, 1.165) is 0 Å². The largest absolute Gasteiger partial charge is 0.348 e. The van der Waals surface area contributed by atoms with Crippen molar-refractivity contribution in [2.45, 2.75) is 0 Å². The molecule has 0 bridgehead atoms. The monoisotopic (exact) mass is 136 g/mol. The van der Waals surface area contributed by atoms with Crippen LogP contribution >= 0.6 is 0 Å². The number of carbonyl (C=O) groups excluding carboxylic acids is 1. The molecule has 0 fully saturated rings. The van der Waals surface area contributed by atoms with Gasteiger partial charge in [-0.3, -0.25) is 9.69 Å². The van der Waals surface area contributed by atoms with E-state index in [1.54, 1.807) is 6.20 Å². The Hall–Kier alpha value is -1.51. The highest BCUT2D eigenvalue weighted by Gasteiger charge is 2.12. The Morgan fingerprint density at radius 2 is 2.40 bits per heavy atom. The molecule has 0 saturated heterocycles. The lowest BCUT2D eigenvalue weighted by Gasteiger charge is -2.21. The molecule has 1 rings (SSSR count). The standard InChI is InChI=1S/C7H8N2O/c1-3-9-6(2)8-5-4-7(9)10/h3-5,8H,1-2H2. The number of nitrogens with one attached hydrogen (secondary N) is 1. The molecule has 52 valence electrons. The molecule has 0 spiro atoms. The molecule has 0 aromatic rings. The molecule has 3 heteroatoms. The quantitative estimate of drug-likeness (QED) is 0.570. The summed E-state index contributed by atoms with van der Waals surface area (Å²) >= 11 is 0. The lowest BCUT2D eigenvalue weighted by atomic mass is 10.4. The van der Waals surface area contributed by atoms with Gasteiger partial charge in [0.25, 0.3) is 5.91 Å². The van der Waals surface area contributed by atoms with E-state index in [-0.39, 0.29) is 5.91 Å². The van der Waals surface area contributed by atoms with Crippen LogP contribution in [0.25, 0.3) is 0 Å². The van der Waals surface area contributed by atoms with Crippen LogP contribution in [0, 0.1) is 0 Å². The molecule has 1 aliphatic heterocycles.